The molecule has 0 spiro atoms. The second-order valence-electron chi connectivity index (χ2n) is 5.42. The molecule has 0 bridgehead atoms. The van der Waals surface area contributed by atoms with Gasteiger partial charge >= 0.3 is 5.97 Å². The van der Waals surface area contributed by atoms with E-state index in [-0.39, 0.29) is 0 Å². The molecule has 0 saturated carbocycles. The van der Waals surface area contributed by atoms with Gasteiger partial charge in [-0.1, -0.05) is 30.3 Å². The van der Waals surface area contributed by atoms with Crippen LogP contribution >= 0.6 is 0 Å². The Hall–Kier alpha value is -3.80. The van der Waals surface area contributed by atoms with Gasteiger partial charge in [-0.25, -0.2) is 4.79 Å². The summed E-state index contributed by atoms with van der Waals surface area (Å²) in [5, 5.41) is 2.67. The largest absolute Gasteiger partial charge is 0.465 e. The average molecular weight is 363 g/mol. The van der Waals surface area contributed by atoms with E-state index >= 15 is 0 Å². The molecule has 0 radical (unpaired) electrons. The van der Waals surface area contributed by atoms with Crippen LogP contribution in [0.3, 0.4) is 0 Å². The van der Waals surface area contributed by atoms with Crippen LogP contribution in [0.4, 0.5) is 5.69 Å². The number of hydrogen-bond acceptors (Lipinski definition) is 5. The van der Waals surface area contributed by atoms with Gasteiger partial charge in [0.2, 0.25) is 0 Å². The fourth-order valence-electron chi connectivity index (χ4n) is 2.18. The Morgan fingerprint density at radius 1 is 0.963 bits per heavy atom. The number of amides is 1. The Morgan fingerprint density at radius 2 is 1.74 bits per heavy atom. The van der Waals surface area contributed by atoms with Crippen molar-refractivity contribution in [3.63, 3.8) is 0 Å². The topological polar surface area (TPSA) is 77.8 Å². The Kier molecular flexibility index (Phi) is 6.04. The van der Waals surface area contributed by atoms with E-state index in [1.54, 1.807) is 36.4 Å². The van der Waals surface area contributed by atoms with Gasteiger partial charge in [0.05, 0.1) is 12.0 Å². The number of carbonyl (C=O) groups excluding carboxylic acids is 2. The van der Waals surface area contributed by atoms with Crippen molar-refractivity contribution in [2.24, 2.45) is 0 Å². The number of anilines is 1. The van der Waals surface area contributed by atoms with Crippen LogP contribution in [0, 0.1) is 0 Å². The van der Waals surface area contributed by atoms with Crippen molar-refractivity contribution >= 4 is 23.6 Å². The van der Waals surface area contributed by atoms with Crippen LogP contribution < -0.4 is 10.1 Å². The summed E-state index contributed by atoms with van der Waals surface area (Å²) >= 11 is 0. The monoisotopic (exact) mass is 363 g/mol. The van der Waals surface area contributed by atoms with Crippen molar-refractivity contribution < 1.29 is 23.5 Å². The van der Waals surface area contributed by atoms with Gasteiger partial charge in [-0.15, -0.1) is 0 Å². The van der Waals surface area contributed by atoms with E-state index in [1.165, 1.54) is 18.4 Å². The fourth-order valence-corrected chi connectivity index (χ4v) is 2.18. The molecule has 0 saturated heterocycles. The minimum absolute atomic E-state index is 0.416. The minimum Gasteiger partial charge on any atom is -0.465 e. The highest BCUT2D eigenvalue weighted by Gasteiger charge is 2.10. The van der Waals surface area contributed by atoms with E-state index in [9.17, 15) is 9.59 Å². The first kappa shape index (κ1) is 18.0. The third-order valence-electron chi connectivity index (χ3n) is 3.40. The Bertz CT molecular complexity index is 917. The third kappa shape index (κ3) is 5.61. The highest BCUT2D eigenvalue weighted by Crippen LogP contribution is 2.28. The number of benzene rings is 2. The molecule has 1 aromatic heterocycles. The molecule has 2 aromatic carbocycles. The number of furan rings is 1. The third-order valence-corrected chi connectivity index (χ3v) is 3.40. The van der Waals surface area contributed by atoms with Crippen LogP contribution in [0.1, 0.15) is 5.76 Å². The lowest BCUT2D eigenvalue weighted by Crippen LogP contribution is -2.20. The molecule has 6 heteroatoms. The standard InChI is InChI=1S/C21H17NO5/c23-20(15-26-21(24)13-12-16-9-6-14-25-16)22-18-10-4-5-11-19(18)27-17-7-2-1-3-8-17/h1-14H,15H2,(H,22,23)/b13-12+. The number of para-hydroxylation sites is 3. The molecule has 27 heavy (non-hydrogen) atoms. The normalized spacial score (nSPS) is 10.5. The first-order chi connectivity index (χ1) is 13.2. The molecule has 1 amide bonds. The quantitative estimate of drug-likeness (QED) is 0.501. The lowest BCUT2D eigenvalue weighted by Gasteiger charge is -2.12. The smallest absolute Gasteiger partial charge is 0.331 e. The molecule has 0 fully saturated rings. The van der Waals surface area contributed by atoms with Crippen molar-refractivity contribution in [3.8, 4) is 11.5 Å². The molecule has 136 valence electrons. The summed E-state index contributed by atoms with van der Waals surface area (Å²) in [6.07, 6.45) is 4.15. The van der Waals surface area contributed by atoms with E-state index in [4.69, 9.17) is 13.9 Å². The van der Waals surface area contributed by atoms with Crippen LogP contribution in [0.2, 0.25) is 0 Å². The Labute approximate surface area is 156 Å². The highest BCUT2D eigenvalue weighted by molar-refractivity contribution is 5.95. The maximum Gasteiger partial charge on any atom is 0.331 e. The van der Waals surface area contributed by atoms with Crippen LogP contribution in [0.5, 0.6) is 11.5 Å². The molecule has 1 N–H and O–H groups in total. The summed E-state index contributed by atoms with van der Waals surface area (Å²) in [5.74, 6) is 0.535. The first-order valence-electron chi connectivity index (χ1n) is 8.21. The number of rotatable bonds is 7. The van der Waals surface area contributed by atoms with Gasteiger partial charge in [-0.05, 0) is 42.5 Å². The van der Waals surface area contributed by atoms with Gasteiger partial charge in [0.15, 0.2) is 12.4 Å². The van der Waals surface area contributed by atoms with Crippen molar-refractivity contribution in [2.75, 3.05) is 11.9 Å². The predicted octanol–water partition coefficient (Wildman–Crippen LogP) is 4.27. The zero-order valence-electron chi connectivity index (χ0n) is 14.3. The summed E-state index contributed by atoms with van der Waals surface area (Å²) < 4.78 is 15.7. The van der Waals surface area contributed by atoms with Crippen LogP contribution in [0.15, 0.2) is 83.5 Å². The number of ether oxygens (including phenoxy) is 2. The van der Waals surface area contributed by atoms with Gasteiger partial charge in [-0.3, -0.25) is 4.79 Å². The van der Waals surface area contributed by atoms with E-state index in [0.29, 0.717) is 22.9 Å². The van der Waals surface area contributed by atoms with Gasteiger partial charge in [0.1, 0.15) is 11.5 Å². The number of esters is 1. The second kappa shape index (κ2) is 9.05. The van der Waals surface area contributed by atoms with Gasteiger partial charge in [-0.2, -0.15) is 0 Å². The molecule has 1 heterocycles. The van der Waals surface area contributed by atoms with E-state index in [1.807, 2.05) is 30.3 Å². The first-order valence-corrected chi connectivity index (χ1v) is 8.21. The maximum absolute atomic E-state index is 12.1. The highest BCUT2D eigenvalue weighted by atomic mass is 16.5. The van der Waals surface area contributed by atoms with E-state index in [0.717, 1.165) is 0 Å². The number of hydrogen-bond donors (Lipinski definition) is 1. The Morgan fingerprint density at radius 3 is 2.52 bits per heavy atom. The molecule has 0 aliphatic heterocycles. The summed E-state index contributed by atoms with van der Waals surface area (Å²) in [6, 6.07) is 19.6. The molecular formula is C21H17NO5. The molecule has 3 aromatic rings. The SMILES string of the molecule is O=C(COC(=O)/C=C/c1ccco1)Nc1ccccc1Oc1ccccc1. The molecule has 3 rings (SSSR count). The van der Waals surface area contributed by atoms with Gasteiger partial charge in [0.25, 0.3) is 5.91 Å². The van der Waals surface area contributed by atoms with Crippen molar-refractivity contribution in [3.05, 3.63) is 84.8 Å². The molecule has 6 nitrogen and oxygen atoms in total. The molecule has 0 aliphatic carbocycles. The zero-order valence-corrected chi connectivity index (χ0v) is 14.3. The molecule has 0 unspecified atom stereocenters. The summed E-state index contributed by atoms with van der Waals surface area (Å²) in [4.78, 5) is 23.7. The van der Waals surface area contributed by atoms with Gasteiger partial charge < -0.3 is 19.2 Å². The summed E-state index contributed by atoms with van der Waals surface area (Å²) in [5.41, 5.74) is 0.480. The van der Waals surface area contributed by atoms with Crippen LogP contribution in [-0.4, -0.2) is 18.5 Å². The second-order valence-corrected chi connectivity index (χ2v) is 5.42. The lowest BCUT2D eigenvalue weighted by molar-refractivity contribution is -0.142. The fraction of sp³-hybridized carbons (Fsp3) is 0.0476. The summed E-state index contributed by atoms with van der Waals surface area (Å²) in [6.45, 7) is -0.416. The van der Waals surface area contributed by atoms with Crippen LogP contribution in [0.25, 0.3) is 6.08 Å². The van der Waals surface area contributed by atoms with Crippen LogP contribution in [-0.2, 0) is 14.3 Å². The zero-order chi connectivity index (χ0) is 18.9. The number of nitrogens with one attached hydrogen (secondary N) is 1. The minimum atomic E-state index is -0.643. The van der Waals surface area contributed by atoms with Gasteiger partial charge in [0, 0.05) is 6.08 Å². The van der Waals surface area contributed by atoms with E-state index in [2.05, 4.69) is 5.32 Å². The maximum atomic E-state index is 12.1. The van der Waals surface area contributed by atoms with E-state index < -0.39 is 18.5 Å². The molecular weight excluding hydrogens is 346 g/mol. The van der Waals surface area contributed by atoms with Crippen molar-refractivity contribution in [1.82, 2.24) is 0 Å². The van der Waals surface area contributed by atoms with Crippen molar-refractivity contribution in [2.45, 2.75) is 0 Å². The lowest BCUT2D eigenvalue weighted by atomic mass is 10.3. The average Bonchev–Trinajstić information content (AvgIpc) is 3.21. The number of carbonyl (C=O) groups is 2. The predicted molar refractivity (Wildman–Crippen MR) is 100 cm³/mol. The Balaban J connectivity index is 1.54. The summed E-state index contributed by atoms with van der Waals surface area (Å²) in [7, 11) is 0. The molecule has 0 atom stereocenters. The van der Waals surface area contributed by atoms with Crippen molar-refractivity contribution in [1.29, 1.82) is 0 Å². The molecule has 0 aliphatic rings.